The number of hydrogen-bond acceptors (Lipinski definition) is 4. The number of rotatable bonds is 4. The Labute approximate surface area is 90.4 Å². The summed E-state index contributed by atoms with van der Waals surface area (Å²) in [5.41, 5.74) is 1.80. The van der Waals surface area contributed by atoms with Crippen molar-refractivity contribution in [1.82, 2.24) is 10.3 Å². The number of nitrogens with zero attached hydrogens (tertiary/aromatic N) is 1. The molecular weight excluding hydrogens is 216 g/mol. The van der Waals surface area contributed by atoms with E-state index in [4.69, 9.17) is 0 Å². The van der Waals surface area contributed by atoms with E-state index in [-0.39, 0.29) is 0 Å². The summed E-state index contributed by atoms with van der Waals surface area (Å²) in [6, 6.07) is 0. The zero-order valence-electron chi connectivity index (χ0n) is 7.94. The normalized spacial score (nSPS) is 23.9. The molecule has 2 atom stereocenters. The first-order valence-electron chi connectivity index (χ1n) is 4.77. The van der Waals surface area contributed by atoms with Gasteiger partial charge in [0.2, 0.25) is 0 Å². The van der Waals surface area contributed by atoms with Gasteiger partial charge in [-0.2, -0.15) is 0 Å². The van der Waals surface area contributed by atoms with E-state index in [0.29, 0.717) is 11.7 Å². The Bertz CT molecular complexity index is 294. The van der Waals surface area contributed by atoms with E-state index in [0.717, 1.165) is 23.7 Å². The number of hydrogen-bond donors (Lipinski definition) is 1. The highest BCUT2D eigenvalue weighted by Gasteiger charge is 2.17. The summed E-state index contributed by atoms with van der Waals surface area (Å²) >= 11 is 1.59. The zero-order valence-corrected chi connectivity index (χ0v) is 9.57. The second-order valence-electron chi connectivity index (χ2n) is 3.58. The van der Waals surface area contributed by atoms with Crippen molar-refractivity contribution in [2.24, 2.45) is 5.92 Å². The molecule has 2 unspecified atom stereocenters. The van der Waals surface area contributed by atoms with Gasteiger partial charge in [0.1, 0.15) is 0 Å². The summed E-state index contributed by atoms with van der Waals surface area (Å²) < 4.78 is 11.7. The van der Waals surface area contributed by atoms with Crippen LogP contribution in [0.5, 0.6) is 0 Å². The van der Waals surface area contributed by atoms with E-state index in [1.54, 1.807) is 16.8 Å². The molecule has 1 aliphatic rings. The van der Waals surface area contributed by atoms with Crippen LogP contribution in [0, 0.1) is 5.92 Å². The van der Waals surface area contributed by atoms with E-state index in [9.17, 15) is 4.21 Å². The van der Waals surface area contributed by atoms with Gasteiger partial charge in [-0.25, -0.2) is 0 Å². The van der Waals surface area contributed by atoms with Gasteiger partial charge in [0, 0.05) is 27.6 Å². The van der Waals surface area contributed by atoms with Gasteiger partial charge in [0.05, 0.1) is 11.3 Å². The lowest BCUT2D eigenvalue weighted by Gasteiger charge is -2.06. The molecule has 0 spiro atoms. The van der Waals surface area contributed by atoms with Crippen molar-refractivity contribution in [3.8, 4) is 0 Å². The van der Waals surface area contributed by atoms with Crippen LogP contribution in [-0.4, -0.2) is 28.0 Å². The highest BCUT2D eigenvalue weighted by atomic mass is 32.2. The van der Waals surface area contributed by atoms with Crippen molar-refractivity contribution < 1.29 is 4.21 Å². The molecule has 0 aliphatic carbocycles. The average Bonchev–Trinajstić information content (AvgIpc) is 2.76. The molecule has 1 fully saturated rings. The van der Waals surface area contributed by atoms with E-state index in [1.807, 2.05) is 6.20 Å². The Hall–Kier alpha value is -0.260. The average molecular weight is 230 g/mol. The molecule has 1 aromatic heterocycles. The Kier molecular flexibility index (Phi) is 3.67. The monoisotopic (exact) mass is 230 g/mol. The Morgan fingerprint density at radius 1 is 1.71 bits per heavy atom. The van der Waals surface area contributed by atoms with Crippen LogP contribution in [-0.2, 0) is 16.6 Å². The number of nitrogens with one attached hydrogen (secondary N) is 1. The van der Waals surface area contributed by atoms with Crippen molar-refractivity contribution in [3.63, 3.8) is 0 Å². The summed E-state index contributed by atoms with van der Waals surface area (Å²) in [5.74, 6) is 2.13. The van der Waals surface area contributed by atoms with Gasteiger partial charge < -0.3 is 5.32 Å². The first kappa shape index (κ1) is 10.3. The van der Waals surface area contributed by atoms with Crippen LogP contribution in [0.15, 0.2) is 11.7 Å². The maximum Gasteiger partial charge on any atom is 0.0794 e. The van der Waals surface area contributed by atoms with Crippen molar-refractivity contribution in [3.05, 3.63) is 16.6 Å². The van der Waals surface area contributed by atoms with Crippen LogP contribution in [0.2, 0.25) is 0 Å². The summed E-state index contributed by atoms with van der Waals surface area (Å²) in [5, 5.41) is 3.29. The van der Waals surface area contributed by atoms with Crippen LogP contribution >= 0.6 is 11.3 Å². The lowest BCUT2D eigenvalue weighted by atomic mass is 10.2. The van der Waals surface area contributed by atoms with Gasteiger partial charge in [-0.1, -0.05) is 0 Å². The molecule has 0 amide bonds. The first-order valence-corrected chi connectivity index (χ1v) is 7.14. The van der Waals surface area contributed by atoms with Crippen molar-refractivity contribution in [2.45, 2.75) is 12.2 Å². The fourth-order valence-corrected chi connectivity index (χ4v) is 4.02. The number of aromatic nitrogens is 1. The standard InChI is InChI=1S/C9H14N2OS2/c12-14(5-8-1-2-10-3-8)6-9-4-11-7-13-9/h4,7-8,10H,1-3,5-6H2. The van der Waals surface area contributed by atoms with Crippen molar-refractivity contribution >= 4 is 22.1 Å². The molecule has 2 rings (SSSR count). The molecule has 1 saturated heterocycles. The predicted octanol–water partition coefficient (Wildman–Crippen LogP) is 1.00. The highest BCUT2D eigenvalue weighted by Crippen LogP contribution is 2.13. The van der Waals surface area contributed by atoms with Crippen LogP contribution in [0.4, 0.5) is 0 Å². The lowest BCUT2D eigenvalue weighted by molar-refractivity contribution is 0.632. The number of thiazole rings is 1. The fraction of sp³-hybridized carbons (Fsp3) is 0.667. The summed E-state index contributed by atoms with van der Waals surface area (Å²) in [7, 11) is -0.709. The largest absolute Gasteiger partial charge is 0.316 e. The molecule has 78 valence electrons. The molecule has 2 heterocycles. The van der Waals surface area contributed by atoms with Crippen LogP contribution in [0.3, 0.4) is 0 Å². The zero-order chi connectivity index (χ0) is 9.80. The quantitative estimate of drug-likeness (QED) is 0.839. The van der Waals surface area contributed by atoms with Gasteiger partial charge in [-0.15, -0.1) is 11.3 Å². The van der Waals surface area contributed by atoms with Gasteiger partial charge >= 0.3 is 0 Å². The molecule has 14 heavy (non-hydrogen) atoms. The van der Waals surface area contributed by atoms with Gasteiger partial charge in [-0.05, 0) is 25.4 Å². The fourth-order valence-electron chi connectivity index (χ4n) is 1.65. The SMILES string of the molecule is O=S(Cc1cncs1)CC1CCNC1. The van der Waals surface area contributed by atoms with E-state index in [1.165, 1.54) is 6.42 Å². The maximum absolute atomic E-state index is 11.7. The van der Waals surface area contributed by atoms with E-state index in [2.05, 4.69) is 10.3 Å². The first-order chi connectivity index (χ1) is 6.84. The molecule has 5 heteroatoms. The molecule has 0 radical (unpaired) electrons. The summed E-state index contributed by atoms with van der Waals surface area (Å²) in [4.78, 5) is 5.11. The van der Waals surface area contributed by atoms with Crippen LogP contribution in [0.1, 0.15) is 11.3 Å². The molecule has 3 nitrogen and oxygen atoms in total. The third kappa shape index (κ3) is 2.87. The Morgan fingerprint density at radius 2 is 2.64 bits per heavy atom. The van der Waals surface area contributed by atoms with Gasteiger partial charge in [0.15, 0.2) is 0 Å². The molecule has 0 saturated carbocycles. The van der Waals surface area contributed by atoms with E-state index >= 15 is 0 Å². The second kappa shape index (κ2) is 5.00. The summed E-state index contributed by atoms with van der Waals surface area (Å²) in [6.45, 7) is 2.12. The van der Waals surface area contributed by atoms with Crippen molar-refractivity contribution in [2.75, 3.05) is 18.8 Å². The smallest absolute Gasteiger partial charge is 0.0794 e. The molecular formula is C9H14N2OS2. The second-order valence-corrected chi connectivity index (χ2v) is 6.05. The maximum atomic E-state index is 11.7. The molecule has 0 bridgehead atoms. The highest BCUT2D eigenvalue weighted by molar-refractivity contribution is 7.84. The van der Waals surface area contributed by atoms with Crippen LogP contribution in [0.25, 0.3) is 0 Å². The van der Waals surface area contributed by atoms with Gasteiger partial charge in [-0.3, -0.25) is 9.19 Å². The minimum Gasteiger partial charge on any atom is -0.316 e. The van der Waals surface area contributed by atoms with E-state index < -0.39 is 10.8 Å². The summed E-state index contributed by atoms with van der Waals surface area (Å²) in [6.07, 6.45) is 2.99. The molecule has 1 aromatic rings. The molecule has 1 N–H and O–H groups in total. The predicted molar refractivity (Wildman–Crippen MR) is 59.8 cm³/mol. The topological polar surface area (TPSA) is 42.0 Å². The Balaban J connectivity index is 1.78. The van der Waals surface area contributed by atoms with Crippen molar-refractivity contribution in [1.29, 1.82) is 0 Å². The molecule has 1 aliphatic heterocycles. The van der Waals surface area contributed by atoms with Crippen LogP contribution < -0.4 is 5.32 Å². The van der Waals surface area contributed by atoms with Gasteiger partial charge in [0.25, 0.3) is 0 Å². The third-order valence-corrected chi connectivity index (χ3v) is 4.81. The Morgan fingerprint density at radius 3 is 3.29 bits per heavy atom. The molecule has 0 aromatic carbocycles. The third-order valence-electron chi connectivity index (χ3n) is 2.37. The lowest BCUT2D eigenvalue weighted by Crippen LogP contribution is -2.15. The minimum absolute atomic E-state index is 0.615. The minimum atomic E-state index is -0.709.